The third kappa shape index (κ3) is 3.43. The zero-order valence-electron chi connectivity index (χ0n) is 19.0. The lowest BCUT2D eigenvalue weighted by Crippen LogP contribution is -2.56. The summed E-state index contributed by atoms with van der Waals surface area (Å²) in [5.74, 6) is -0.174. The maximum Gasteiger partial charge on any atom is 0.410 e. The third-order valence-corrected chi connectivity index (χ3v) is 7.28. The largest absolute Gasteiger partial charge is 0.448 e. The number of fused-ring (bicyclic) bond motifs is 5. The third-order valence-electron chi connectivity index (χ3n) is 7.28. The maximum atomic E-state index is 14.8. The van der Waals surface area contributed by atoms with Crippen LogP contribution < -0.4 is 0 Å². The van der Waals surface area contributed by atoms with E-state index in [0.717, 1.165) is 5.57 Å². The number of morpholine rings is 1. The van der Waals surface area contributed by atoms with Crippen LogP contribution in [0.4, 0.5) is 9.18 Å². The van der Waals surface area contributed by atoms with Gasteiger partial charge in [-0.15, -0.1) is 0 Å². The van der Waals surface area contributed by atoms with Crippen molar-refractivity contribution < 1.29 is 18.7 Å². The molecule has 2 bridgehead atoms. The molecule has 0 saturated carbocycles. The van der Waals surface area contributed by atoms with Crippen molar-refractivity contribution in [1.82, 2.24) is 4.90 Å². The number of benzene rings is 3. The Morgan fingerprint density at radius 3 is 2.35 bits per heavy atom. The van der Waals surface area contributed by atoms with Gasteiger partial charge in [0.2, 0.25) is 0 Å². The van der Waals surface area contributed by atoms with Crippen molar-refractivity contribution >= 4 is 11.7 Å². The second kappa shape index (κ2) is 8.41. The number of hydrogen-bond donors (Lipinski definition) is 0. The molecule has 4 nitrogen and oxygen atoms in total. The Hall–Kier alpha value is -3.44. The minimum absolute atomic E-state index is 0.0183. The molecule has 172 valence electrons. The zero-order chi connectivity index (χ0) is 23.2. The Balaban J connectivity index is 1.23. The van der Waals surface area contributed by atoms with Gasteiger partial charge in [0.15, 0.2) is 0 Å². The fraction of sp³-hybridized carbons (Fsp3) is 0.276. The molecule has 0 aromatic heterocycles. The number of amides is 1. The van der Waals surface area contributed by atoms with Gasteiger partial charge in [-0.25, -0.2) is 9.18 Å². The summed E-state index contributed by atoms with van der Waals surface area (Å²) >= 11 is 0. The highest BCUT2D eigenvalue weighted by Gasteiger charge is 2.40. The van der Waals surface area contributed by atoms with Gasteiger partial charge in [0.25, 0.3) is 0 Å². The highest BCUT2D eigenvalue weighted by Crippen LogP contribution is 2.44. The average molecular weight is 456 g/mol. The molecule has 5 heteroatoms. The van der Waals surface area contributed by atoms with Crippen molar-refractivity contribution in [2.24, 2.45) is 0 Å². The summed E-state index contributed by atoms with van der Waals surface area (Å²) in [6.07, 6.45) is 2.18. The SMILES string of the molecule is Cc1cccc(C2=CC3COCC(C2)N3C(=O)OCC2c3ccccc3-c3ccccc32)c1F. The number of halogens is 1. The second-order valence-corrected chi connectivity index (χ2v) is 9.30. The first-order valence-electron chi connectivity index (χ1n) is 11.8. The number of carbonyl (C=O) groups is 1. The highest BCUT2D eigenvalue weighted by molar-refractivity contribution is 5.79. The number of hydrogen-bond acceptors (Lipinski definition) is 3. The first-order valence-corrected chi connectivity index (χ1v) is 11.8. The van der Waals surface area contributed by atoms with Crippen LogP contribution in [-0.4, -0.2) is 42.9 Å². The lowest BCUT2D eigenvalue weighted by atomic mass is 9.89. The fourth-order valence-electron chi connectivity index (χ4n) is 5.64. The summed E-state index contributed by atoms with van der Waals surface area (Å²) in [4.78, 5) is 15.1. The predicted molar refractivity (Wildman–Crippen MR) is 129 cm³/mol. The molecule has 1 aliphatic carbocycles. The number of nitrogens with zero attached hydrogens (tertiary/aromatic N) is 1. The van der Waals surface area contributed by atoms with Crippen LogP contribution in [0.15, 0.2) is 72.8 Å². The van der Waals surface area contributed by atoms with Gasteiger partial charge in [-0.05, 0) is 46.7 Å². The molecule has 0 N–H and O–H groups in total. The van der Waals surface area contributed by atoms with Crippen molar-refractivity contribution in [2.45, 2.75) is 31.3 Å². The van der Waals surface area contributed by atoms with Crippen LogP contribution in [0.1, 0.15) is 34.6 Å². The van der Waals surface area contributed by atoms with Crippen LogP contribution in [-0.2, 0) is 9.47 Å². The van der Waals surface area contributed by atoms with Crippen molar-refractivity contribution in [3.05, 3.63) is 101 Å². The summed E-state index contributed by atoms with van der Waals surface area (Å²) in [7, 11) is 0. The van der Waals surface area contributed by atoms with Gasteiger partial charge >= 0.3 is 6.09 Å². The first kappa shape index (κ1) is 21.1. The minimum Gasteiger partial charge on any atom is -0.448 e. The Morgan fingerprint density at radius 1 is 0.971 bits per heavy atom. The summed E-state index contributed by atoms with van der Waals surface area (Å²) < 4.78 is 26.4. The molecule has 2 unspecified atom stereocenters. The van der Waals surface area contributed by atoms with E-state index >= 15 is 0 Å². The van der Waals surface area contributed by atoms with Gasteiger partial charge < -0.3 is 9.47 Å². The zero-order valence-corrected chi connectivity index (χ0v) is 19.0. The van der Waals surface area contributed by atoms with Gasteiger partial charge in [-0.3, -0.25) is 4.90 Å². The number of aryl methyl sites for hydroxylation is 1. The quantitative estimate of drug-likeness (QED) is 0.491. The van der Waals surface area contributed by atoms with E-state index in [9.17, 15) is 9.18 Å². The molecule has 2 aliphatic heterocycles. The fourth-order valence-corrected chi connectivity index (χ4v) is 5.64. The Labute approximate surface area is 198 Å². The molecule has 1 fully saturated rings. The van der Waals surface area contributed by atoms with E-state index in [2.05, 4.69) is 24.3 Å². The summed E-state index contributed by atoms with van der Waals surface area (Å²) in [5, 5.41) is 0. The Morgan fingerprint density at radius 2 is 1.65 bits per heavy atom. The molecule has 2 atom stereocenters. The molecule has 3 aromatic carbocycles. The normalized spacial score (nSPS) is 21.0. The van der Waals surface area contributed by atoms with E-state index in [0.29, 0.717) is 30.8 Å². The van der Waals surface area contributed by atoms with Crippen LogP contribution in [0, 0.1) is 12.7 Å². The summed E-state index contributed by atoms with van der Waals surface area (Å²) in [5.41, 5.74) is 6.96. The molecule has 1 amide bonds. The van der Waals surface area contributed by atoms with Crippen molar-refractivity contribution in [2.75, 3.05) is 19.8 Å². The van der Waals surface area contributed by atoms with E-state index in [1.807, 2.05) is 42.5 Å². The second-order valence-electron chi connectivity index (χ2n) is 9.30. The maximum absolute atomic E-state index is 14.8. The monoisotopic (exact) mass is 455 g/mol. The molecule has 1 saturated heterocycles. The van der Waals surface area contributed by atoms with Crippen LogP contribution in [0.25, 0.3) is 16.7 Å². The first-order chi connectivity index (χ1) is 16.6. The van der Waals surface area contributed by atoms with E-state index in [1.54, 1.807) is 17.9 Å². The number of rotatable bonds is 3. The molecular weight excluding hydrogens is 429 g/mol. The van der Waals surface area contributed by atoms with Gasteiger partial charge in [0.1, 0.15) is 12.4 Å². The summed E-state index contributed by atoms with van der Waals surface area (Å²) in [6.45, 7) is 2.87. The average Bonchev–Trinajstić information content (AvgIpc) is 3.17. The highest BCUT2D eigenvalue weighted by atomic mass is 19.1. The van der Waals surface area contributed by atoms with E-state index in [-0.39, 0.29) is 36.5 Å². The molecule has 2 heterocycles. The number of carbonyl (C=O) groups excluding carboxylic acids is 1. The van der Waals surface area contributed by atoms with Crippen LogP contribution in [0.5, 0.6) is 0 Å². The smallest absolute Gasteiger partial charge is 0.410 e. The molecule has 0 spiro atoms. The van der Waals surface area contributed by atoms with E-state index in [1.165, 1.54) is 22.3 Å². The van der Waals surface area contributed by atoms with Crippen molar-refractivity contribution in [1.29, 1.82) is 0 Å². The molecule has 6 rings (SSSR count). The predicted octanol–water partition coefficient (Wildman–Crippen LogP) is 5.94. The summed E-state index contributed by atoms with van der Waals surface area (Å²) in [6, 6.07) is 21.6. The van der Waals surface area contributed by atoms with Crippen LogP contribution >= 0.6 is 0 Å². The molecule has 3 aromatic rings. The van der Waals surface area contributed by atoms with Crippen LogP contribution in [0.3, 0.4) is 0 Å². The molecule has 3 aliphatic rings. The van der Waals surface area contributed by atoms with Crippen molar-refractivity contribution in [3.8, 4) is 11.1 Å². The van der Waals surface area contributed by atoms with Crippen molar-refractivity contribution in [3.63, 3.8) is 0 Å². The lowest BCUT2D eigenvalue weighted by Gasteiger charge is -2.44. The Bertz CT molecular complexity index is 1250. The van der Waals surface area contributed by atoms with Gasteiger partial charge in [0.05, 0.1) is 25.3 Å². The topological polar surface area (TPSA) is 38.8 Å². The lowest BCUT2D eigenvalue weighted by molar-refractivity contribution is -0.0331. The van der Waals surface area contributed by atoms with E-state index < -0.39 is 0 Å². The van der Waals surface area contributed by atoms with Gasteiger partial charge in [-0.1, -0.05) is 72.8 Å². The molecule has 0 radical (unpaired) electrons. The van der Waals surface area contributed by atoms with Crippen LogP contribution in [0.2, 0.25) is 0 Å². The number of ether oxygens (including phenoxy) is 2. The van der Waals surface area contributed by atoms with Gasteiger partial charge in [-0.2, -0.15) is 0 Å². The Kier molecular flexibility index (Phi) is 5.22. The molecular formula is C29H26FNO3. The van der Waals surface area contributed by atoms with Gasteiger partial charge in [0, 0.05) is 11.5 Å². The van der Waals surface area contributed by atoms with E-state index in [4.69, 9.17) is 9.47 Å². The standard InChI is InChI=1S/C29H26FNO3/c1-18-7-6-12-22(28(18)30)19-13-20-15-33-16-21(14-19)31(20)29(32)34-17-27-25-10-4-2-8-23(25)24-9-3-5-11-26(24)27/h2-13,20-21,27H,14-17H2,1H3. The molecule has 34 heavy (non-hydrogen) atoms. The minimum atomic E-state index is -0.333.